The van der Waals surface area contributed by atoms with Crippen molar-refractivity contribution in [1.82, 2.24) is 0 Å². The largest absolute Gasteiger partial charge is 0.507 e. The Bertz CT molecular complexity index is 869. The summed E-state index contributed by atoms with van der Waals surface area (Å²) >= 11 is 0. The van der Waals surface area contributed by atoms with Crippen LogP contribution >= 0.6 is 7.92 Å². The molecular formula is C25H29OP. The molecule has 0 aliphatic carbocycles. The van der Waals surface area contributed by atoms with Crippen LogP contribution in [0.15, 0.2) is 66.7 Å². The first kappa shape index (κ1) is 19.6. The fraction of sp³-hybridized carbons (Fsp3) is 0.280. The minimum Gasteiger partial charge on any atom is -0.507 e. The summed E-state index contributed by atoms with van der Waals surface area (Å²) in [5.74, 6) is 0.458. The predicted molar refractivity (Wildman–Crippen MR) is 119 cm³/mol. The van der Waals surface area contributed by atoms with Crippen molar-refractivity contribution >= 4 is 18.5 Å². The average molecular weight is 376 g/mol. The van der Waals surface area contributed by atoms with Crippen LogP contribution in [0.4, 0.5) is 0 Å². The molecule has 3 rings (SSSR count). The van der Waals surface area contributed by atoms with E-state index in [0.717, 1.165) is 17.3 Å². The third-order valence-electron chi connectivity index (χ3n) is 5.16. The van der Waals surface area contributed by atoms with E-state index in [1.807, 2.05) is 0 Å². The Labute approximate surface area is 164 Å². The van der Waals surface area contributed by atoms with E-state index in [9.17, 15) is 5.11 Å². The number of aromatic hydroxyl groups is 1. The maximum Gasteiger partial charge on any atom is 0.122 e. The number of phenolic OH excluding ortho intramolecular Hbond substituents is 1. The zero-order valence-corrected chi connectivity index (χ0v) is 17.8. The molecule has 0 saturated carbocycles. The molecule has 2 heteroatoms. The fourth-order valence-electron chi connectivity index (χ4n) is 3.53. The van der Waals surface area contributed by atoms with Crippen molar-refractivity contribution in [3.05, 3.63) is 89.0 Å². The number of benzene rings is 3. The number of phenols is 1. The highest BCUT2D eigenvalue weighted by molar-refractivity contribution is 7.72. The third kappa shape index (κ3) is 4.25. The van der Waals surface area contributed by atoms with Gasteiger partial charge in [0, 0.05) is 6.16 Å². The Morgan fingerprint density at radius 1 is 0.815 bits per heavy atom. The molecule has 0 spiro atoms. The zero-order chi connectivity index (χ0) is 19.6. The lowest BCUT2D eigenvalue weighted by Gasteiger charge is -2.26. The first-order valence-electron chi connectivity index (χ1n) is 9.49. The summed E-state index contributed by atoms with van der Waals surface area (Å²) in [7, 11) is -0.521. The maximum atomic E-state index is 10.9. The molecular weight excluding hydrogens is 347 g/mol. The molecule has 0 aliphatic rings. The Morgan fingerprint density at radius 3 is 1.74 bits per heavy atom. The monoisotopic (exact) mass is 376 g/mol. The normalized spacial score (nSPS) is 11.8. The minimum absolute atomic E-state index is 0.0677. The van der Waals surface area contributed by atoms with Crippen molar-refractivity contribution in [2.24, 2.45) is 0 Å². The SMILES string of the molecule is Cc1cc(C(C)(C)C)c(O)c(C)c1CP(c1ccccc1)c1ccccc1. The molecule has 140 valence electrons. The quantitative estimate of drug-likeness (QED) is 0.559. The van der Waals surface area contributed by atoms with E-state index in [1.54, 1.807) is 0 Å². The second-order valence-electron chi connectivity index (χ2n) is 8.20. The van der Waals surface area contributed by atoms with Crippen LogP contribution in [0.5, 0.6) is 5.75 Å². The molecule has 0 bridgehead atoms. The Morgan fingerprint density at radius 2 is 1.30 bits per heavy atom. The van der Waals surface area contributed by atoms with Gasteiger partial charge in [0.2, 0.25) is 0 Å². The van der Waals surface area contributed by atoms with Gasteiger partial charge in [0.1, 0.15) is 5.75 Å². The first-order chi connectivity index (χ1) is 12.8. The molecule has 3 aromatic rings. The summed E-state index contributed by atoms with van der Waals surface area (Å²) < 4.78 is 0. The van der Waals surface area contributed by atoms with Gasteiger partial charge in [-0.15, -0.1) is 0 Å². The van der Waals surface area contributed by atoms with E-state index in [2.05, 4.69) is 101 Å². The zero-order valence-electron chi connectivity index (χ0n) is 17.0. The second kappa shape index (κ2) is 7.87. The van der Waals surface area contributed by atoms with E-state index in [1.165, 1.54) is 21.7 Å². The van der Waals surface area contributed by atoms with Gasteiger partial charge in [-0.05, 0) is 60.0 Å². The third-order valence-corrected chi connectivity index (χ3v) is 7.64. The lowest BCUT2D eigenvalue weighted by atomic mass is 9.83. The van der Waals surface area contributed by atoms with Gasteiger partial charge in [0.25, 0.3) is 0 Å². The molecule has 0 aliphatic heterocycles. The molecule has 0 heterocycles. The molecule has 27 heavy (non-hydrogen) atoms. The summed E-state index contributed by atoms with van der Waals surface area (Å²) in [6, 6.07) is 23.7. The number of hydrogen-bond donors (Lipinski definition) is 1. The van der Waals surface area contributed by atoms with Crippen molar-refractivity contribution in [3.8, 4) is 5.75 Å². The van der Waals surface area contributed by atoms with Crippen molar-refractivity contribution in [2.75, 3.05) is 0 Å². The number of rotatable bonds is 4. The number of aryl methyl sites for hydroxylation is 1. The summed E-state index contributed by atoms with van der Waals surface area (Å²) in [5.41, 5.74) is 4.54. The summed E-state index contributed by atoms with van der Waals surface area (Å²) in [4.78, 5) is 0. The van der Waals surface area contributed by atoms with Crippen molar-refractivity contribution in [3.63, 3.8) is 0 Å². The molecule has 0 radical (unpaired) electrons. The smallest absolute Gasteiger partial charge is 0.122 e. The lowest BCUT2D eigenvalue weighted by molar-refractivity contribution is 0.442. The van der Waals surface area contributed by atoms with Gasteiger partial charge in [-0.2, -0.15) is 0 Å². The molecule has 3 aromatic carbocycles. The Kier molecular flexibility index (Phi) is 5.72. The van der Waals surface area contributed by atoms with E-state index in [0.29, 0.717) is 5.75 Å². The Hall–Kier alpha value is -2.11. The molecule has 1 nitrogen and oxygen atoms in total. The van der Waals surface area contributed by atoms with Crippen LogP contribution in [0.25, 0.3) is 0 Å². The summed E-state index contributed by atoms with van der Waals surface area (Å²) in [6.07, 6.45) is 0.943. The van der Waals surface area contributed by atoms with Crippen LogP contribution in [0.1, 0.15) is 43.0 Å². The standard InChI is InChI=1S/C25H29OP/c1-18-16-23(25(3,4)5)24(26)19(2)22(18)17-27(20-12-8-6-9-13-20)21-14-10-7-11-15-21/h6-16,26H,17H2,1-5H3. The molecule has 0 amide bonds. The molecule has 0 unspecified atom stereocenters. The molecule has 0 atom stereocenters. The van der Waals surface area contributed by atoms with Crippen LogP contribution in [0.3, 0.4) is 0 Å². The van der Waals surface area contributed by atoms with Crippen molar-refractivity contribution in [2.45, 2.75) is 46.2 Å². The predicted octanol–water partition coefficient (Wildman–Crippen LogP) is 5.94. The highest BCUT2D eigenvalue weighted by Crippen LogP contribution is 2.43. The van der Waals surface area contributed by atoms with Gasteiger partial charge in [0.05, 0.1) is 0 Å². The lowest BCUT2D eigenvalue weighted by Crippen LogP contribution is -2.16. The van der Waals surface area contributed by atoms with Crippen molar-refractivity contribution in [1.29, 1.82) is 0 Å². The van der Waals surface area contributed by atoms with Crippen LogP contribution in [0, 0.1) is 13.8 Å². The number of hydrogen-bond acceptors (Lipinski definition) is 1. The van der Waals surface area contributed by atoms with Gasteiger partial charge in [-0.25, -0.2) is 0 Å². The summed E-state index contributed by atoms with van der Waals surface area (Å²) in [6.45, 7) is 10.7. The van der Waals surface area contributed by atoms with Gasteiger partial charge in [0.15, 0.2) is 0 Å². The van der Waals surface area contributed by atoms with Gasteiger partial charge in [-0.3, -0.25) is 0 Å². The van der Waals surface area contributed by atoms with E-state index in [-0.39, 0.29) is 5.41 Å². The van der Waals surface area contributed by atoms with Crippen LogP contribution in [0.2, 0.25) is 0 Å². The second-order valence-corrected chi connectivity index (χ2v) is 10.4. The Balaban J connectivity index is 2.09. The van der Waals surface area contributed by atoms with Crippen LogP contribution < -0.4 is 10.6 Å². The molecule has 0 fully saturated rings. The van der Waals surface area contributed by atoms with Crippen LogP contribution in [-0.2, 0) is 11.6 Å². The maximum absolute atomic E-state index is 10.9. The van der Waals surface area contributed by atoms with Gasteiger partial charge >= 0.3 is 0 Å². The minimum atomic E-state index is -0.521. The van der Waals surface area contributed by atoms with E-state index >= 15 is 0 Å². The van der Waals surface area contributed by atoms with Gasteiger partial charge in [-0.1, -0.05) is 87.5 Å². The van der Waals surface area contributed by atoms with Crippen LogP contribution in [-0.4, -0.2) is 5.11 Å². The highest BCUT2D eigenvalue weighted by atomic mass is 31.1. The topological polar surface area (TPSA) is 20.2 Å². The van der Waals surface area contributed by atoms with Gasteiger partial charge < -0.3 is 5.11 Å². The molecule has 0 saturated heterocycles. The first-order valence-corrected chi connectivity index (χ1v) is 11.0. The van der Waals surface area contributed by atoms with E-state index < -0.39 is 7.92 Å². The molecule has 0 aromatic heterocycles. The summed E-state index contributed by atoms with van der Waals surface area (Å²) in [5, 5.41) is 13.6. The highest BCUT2D eigenvalue weighted by Gasteiger charge is 2.24. The van der Waals surface area contributed by atoms with Crippen molar-refractivity contribution < 1.29 is 5.11 Å². The average Bonchev–Trinajstić information content (AvgIpc) is 2.65. The van der Waals surface area contributed by atoms with E-state index in [4.69, 9.17) is 0 Å². The fourth-order valence-corrected chi connectivity index (χ4v) is 6.06. The molecule has 1 N–H and O–H groups in total.